The number of rotatable bonds is 4. The van der Waals surface area contributed by atoms with Crippen LogP contribution in [-0.4, -0.2) is 42.5 Å². The molecule has 0 aromatic carbocycles. The number of carbonyl (C=O) groups is 1. The van der Waals surface area contributed by atoms with Crippen LogP contribution in [0, 0.1) is 11.7 Å². The van der Waals surface area contributed by atoms with Gasteiger partial charge in [-0.3, -0.25) is 9.78 Å². The number of halogens is 3. The van der Waals surface area contributed by atoms with Gasteiger partial charge in [0.1, 0.15) is 0 Å². The molecular formula is C14H22Cl2FN3O. The summed E-state index contributed by atoms with van der Waals surface area (Å²) in [6, 6.07) is 1.45. The van der Waals surface area contributed by atoms with Crippen molar-refractivity contribution in [3.05, 3.63) is 29.8 Å². The average Bonchev–Trinajstić information content (AvgIpc) is 2.45. The summed E-state index contributed by atoms with van der Waals surface area (Å²) in [6.45, 7) is 2.45. The Morgan fingerprint density at radius 1 is 1.43 bits per heavy atom. The van der Waals surface area contributed by atoms with E-state index in [2.05, 4.69) is 10.3 Å². The maximum Gasteiger partial charge on any atom is 0.256 e. The maximum atomic E-state index is 13.5. The third-order valence-corrected chi connectivity index (χ3v) is 3.71. The standard InChI is InChI=1S/C14H20FN3O.2ClH/c1-16-6-2-11-4-8-18(9-5-11)14(19)12-3-7-17-10-13(12)15;;/h3,7,10-11,16H,2,4-6,8-9H2,1H3;2*1H. The van der Waals surface area contributed by atoms with Gasteiger partial charge in [-0.05, 0) is 44.8 Å². The van der Waals surface area contributed by atoms with Gasteiger partial charge >= 0.3 is 0 Å². The molecule has 0 spiro atoms. The van der Waals surface area contributed by atoms with E-state index in [1.54, 1.807) is 4.90 Å². The molecule has 7 heteroatoms. The predicted octanol–water partition coefficient (Wildman–Crippen LogP) is 2.53. The van der Waals surface area contributed by atoms with Crippen molar-refractivity contribution in [3.63, 3.8) is 0 Å². The van der Waals surface area contributed by atoms with Gasteiger partial charge in [-0.25, -0.2) is 4.39 Å². The van der Waals surface area contributed by atoms with Gasteiger partial charge in [0.05, 0.1) is 11.8 Å². The number of nitrogens with zero attached hydrogens (tertiary/aromatic N) is 2. The highest BCUT2D eigenvalue weighted by Crippen LogP contribution is 2.21. The van der Waals surface area contributed by atoms with E-state index in [1.807, 2.05) is 7.05 Å². The molecule has 2 rings (SSSR count). The second-order valence-corrected chi connectivity index (χ2v) is 4.98. The lowest BCUT2D eigenvalue weighted by atomic mass is 9.93. The Morgan fingerprint density at radius 3 is 2.67 bits per heavy atom. The highest BCUT2D eigenvalue weighted by Gasteiger charge is 2.24. The fourth-order valence-electron chi connectivity index (χ4n) is 2.49. The molecular weight excluding hydrogens is 316 g/mol. The Balaban J connectivity index is 0.00000200. The first-order valence-corrected chi connectivity index (χ1v) is 6.75. The summed E-state index contributed by atoms with van der Waals surface area (Å²) in [5.74, 6) is -0.0874. The molecule has 1 saturated heterocycles. The van der Waals surface area contributed by atoms with E-state index in [9.17, 15) is 9.18 Å². The molecule has 0 bridgehead atoms. The fourth-order valence-corrected chi connectivity index (χ4v) is 2.49. The van der Waals surface area contributed by atoms with Gasteiger partial charge in [0.2, 0.25) is 0 Å². The molecule has 0 aliphatic carbocycles. The lowest BCUT2D eigenvalue weighted by molar-refractivity contribution is 0.0682. The van der Waals surface area contributed by atoms with Crippen molar-refractivity contribution in [2.24, 2.45) is 5.92 Å². The molecule has 0 unspecified atom stereocenters. The summed E-state index contributed by atoms with van der Waals surface area (Å²) in [6.07, 6.45) is 5.69. The Bertz CT molecular complexity index is 440. The molecule has 4 nitrogen and oxygen atoms in total. The van der Waals surface area contributed by atoms with Crippen molar-refractivity contribution in [2.75, 3.05) is 26.7 Å². The van der Waals surface area contributed by atoms with Crippen LogP contribution in [0.4, 0.5) is 4.39 Å². The van der Waals surface area contributed by atoms with E-state index in [4.69, 9.17) is 0 Å². The van der Waals surface area contributed by atoms with Gasteiger partial charge in [-0.15, -0.1) is 24.8 Å². The number of pyridine rings is 1. The zero-order chi connectivity index (χ0) is 13.7. The number of hydrogen-bond donors (Lipinski definition) is 1. The highest BCUT2D eigenvalue weighted by atomic mass is 35.5. The molecule has 21 heavy (non-hydrogen) atoms. The Kier molecular flexibility index (Phi) is 9.49. The Labute approximate surface area is 137 Å². The lowest BCUT2D eigenvalue weighted by Gasteiger charge is -2.32. The van der Waals surface area contributed by atoms with Crippen molar-refractivity contribution >= 4 is 30.7 Å². The first-order valence-electron chi connectivity index (χ1n) is 6.75. The van der Waals surface area contributed by atoms with Crippen LogP contribution in [0.5, 0.6) is 0 Å². The van der Waals surface area contributed by atoms with Crippen LogP contribution in [0.25, 0.3) is 0 Å². The number of nitrogens with one attached hydrogen (secondary N) is 1. The van der Waals surface area contributed by atoms with Crippen LogP contribution in [0.2, 0.25) is 0 Å². The predicted molar refractivity (Wildman–Crippen MR) is 85.9 cm³/mol. The SMILES string of the molecule is CNCCC1CCN(C(=O)c2ccncc2F)CC1.Cl.Cl. The quantitative estimate of drug-likeness (QED) is 0.918. The van der Waals surface area contributed by atoms with Gasteiger partial charge in [-0.2, -0.15) is 0 Å². The van der Waals surface area contributed by atoms with E-state index in [-0.39, 0.29) is 36.3 Å². The number of carbonyl (C=O) groups excluding carboxylic acids is 1. The van der Waals surface area contributed by atoms with Gasteiger partial charge in [0.15, 0.2) is 5.82 Å². The Hall–Kier alpha value is -0.910. The normalized spacial score (nSPS) is 15.0. The van der Waals surface area contributed by atoms with Crippen molar-refractivity contribution in [1.29, 1.82) is 0 Å². The molecule has 1 N–H and O–H groups in total. The second-order valence-electron chi connectivity index (χ2n) is 4.98. The molecule has 120 valence electrons. The highest BCUT2D eigenvalue weighted by molar-refractivity contribution is 5.94. The molecule has 1 aliphatic rings. The van der Waals surface area contributed by atoms with Gasteiger partial charge < -0.3 is 10.2 Å². The second kappa shape index (κ2) is 9.92. The minimum absolute atomic E-state index is 0. The van der Waals surface area contributed by atoms with Crippen molar-refractivity contribution in [1.82, 2.24) is 15.2 Å². The van der Waals surface area contributed by atoms with Crippen molar-refractivity contribution in [2.45, 2.75) is 19.3 Å². The average molecular weight is 338 g/mol. The molecule has 0 radical (unpaired) electrons. The van der Waals surface area contributed by atoms with Crippen LogP contribution >= 0.6 is 24.8 Å². The zero-order valence-electron chi connectivity index (χ0n) is 12.0. The summed E-state index contributed by atoms with van der Waals surface area (Å²) in [7, 11) is 1.95. The minimum atomic E-state index is -0.537. The first kappa shape index (κ1) is 20.1. The minimum Gasteiger partial charge on any atom is -0.339 e. The van der Waals surface area contributed by atoms with Crippen LogP contribution < -0.4 is 5.32 Å². The van der Waals surface area contributed by atoms with E-state index < -0.39 is 5.82 Å². The fraction of sp³-hybridized carbons (Fsp3) is 0.571. The molecule has 1 aromatic rings. The maximum absolute atomic E-state index is 13.5. The van der Waals surface area contributed by atoms with E-state index in [0.717, 1.165) is 45.1 Å². The summed E-state index contributed by atoms with van der Waals surface area (Å²) in [5.41, 5.74) is 0.128. The van der Waals surface area contributed by atoms with E-state index >= 15 is 0 Å². The number of amides is 1. The molecule has 1 amide bonds. The molecule has 1 aromatic heterocycles. The van der Waals surface area contributed by atoms with Crippen molar-refractivity contribution < 1.29 is 9.18 Å². The number of likely N-dealkylation sites (tertiary alicyclic amines) is 1. The Morgan fingerprint density at radius 2 is 2.10 bits per heavy atom. The van der Waals surface area contributed by atoms with Gasteiger partial charge in [-0.1, -0.05) is 0 Å². The molecule has 1 fully saturated rings. The monoisotopic (exact) mass is 337 g/mol. The summed E-state index contributed by atoms with van der Waals surface area (Å²) >= 11 is 0. The van der Waals surface area contributed by atoms with E-state index in [0.29, 0.717) is 5.92 Å². The van der Waals surface area contributed by atoms with E-state index in [1.165, 1.54) is 12.3 Å². The molecule has 0 saturated carbocycles. The summed E-state index contributed by atoms with van der Waals surface area (Å²) < 4.78 is 13.5. The molecule has 2 heterocycles. The topological polar surface area (TPSA) is 45.2 Å². The van der Waals surface area contributed by atoms with Crippen LogP contribution in [0.1, 0.15) is 29.6 Å². The third-order valence-electron chi connectivity index (χ3n) is 3.71. The van der Waals surface area contributed by atoms with Gasteiger partial charge in [0.25, 0.3) is 5.91 Å². The summed E-state index contributed by atoms with van der Waals surface area (Å²) in [5, 5.41) is 3.15. The molecule has 1 aliphatic heterocycles. The van der Waals surface area contributed by atoms with Crippen LogP contribution in [-0.2, 0) is 0 Å². The number of hydrogen-bond acceptors (Lipinski definition) is 3. The lowest BCUT2D eigenvalue weighted by Crippen LogP contribution is -2.39. The summed E-state index contributed by atoms with van der Waals surface area (Å²) in [4.78, 5) is 17.6. The third kappa shape index (κ3) is 5.41. The first-order chi connectivity index (χ1) is 9.22. The zero-order valence-corrected chi connectivity index (χ0v) is 13.7. The van der Waals surface area contributed by atoms with Crippen LogP contribution in [0.15, 0.2) is 18.5 Å². The molecule has 0 atom stereocenters. The number of piperidine rings is 1. The van der Waals surface area contributed by atoms with Crippen molar-refractivity contribution in [3.8, 4) is 0 Å². The van der Waals surface area contributed by atoms with Gasteiger partial charge in [0, 0.05) is 19.3 Å². The van der Waals surface area contributed by atoms with Crippen LogP contribution in [0.3, 0.4) is 0 Å². The largest absolute Gasteiger partial charge is 0.339 e. The number of aromatic nitrogens is 1. The smallest absolute Gasteiger partial charge is 0.256 e.